The van der Waals surface area contributed by atoms with Gasteiger partial charge >= 0.3 is 0 Å². The normalized spacial score (nSPS) is 16.7. The summed E-state index contributed by atoms with van der Waals surface area (Å²) >= 11 is 0. The molecule has 22 heavy (non-hydrogen) atoms. The molecule has 0 heterocycles. The van der Waals surface area contributed by atoms with Crippen molar-refractivity contribution in [3.63, 3.8) is 0 Å². The largest absolute Gasteiger partial charge is 0.367 e. The monoisotopic (exact) mass is 308 g/mol. The van der Waals surface area contributed by atoms with Crippen molar-refractivity contribution in [1.29, 1.82) is 0 Å². The average molecular weight is 309 g/mol. The van der Waals surface area contributed by atoms with Crippen molar-refractivity contribution in [1.82, 2.24) is 10.6 Å². The van der Waals surface area contributed by atoms with Gasteiger partial charge in [-0.2, -0.15) is 0 Å². The fourth-order valence-corrected chi connectivity index (χ4v) is 3.05. The lowest BCUT2D eigenvalue weighted by molar-refractivity contribution is 0.294. The summed E-state index contributed by atoms with van der Waals surface area (Å²) in [6.45, 7) is 24.1. The maximum absolute atomic E-state index is 4.23. The van der Waals surface area contributed by atoms with Crippen LogP contribution < -0.4 is 10.6 Å². The highest BCUT2D eigenvalue weighted by atomic mass is 15.1. The Hall–Kier alpha value is -0.920. The molecule has 130 valence electrons. The van der Waals surface area contributed by atoms with E-state index < -0.39 is 0 Å². The minimum Gasteiger partial charge on any atom is -0.367 e. The summed E-state index contributed by atoms with van der Waals surface area (Å²) in [7, 11) is 0. The molecule has 0 aromatic rings. The first-order valence-corrected chi connectivity index (χ1v) is 9.05. The Bertz CT molecular complexity index is 346. The van der Waals surface area contributed by atoms with Crippen LogP contribution in [0.3, 0.4) is 0 Å². The lowest BCUT2D eigenvalue weighted by Gasteiger charge is -2.36. The van der Waals surface area contributed by atoms with Gasteiger partial charge in [-0.3, -0.25) is 0 Å². The molecule has 0 spiro atoms. The average Bonchev–Trinajstić information content (AvgIpc) is 2.41. The lowest BCUT2D eigenvalue weighted by Crippen LogP contribution is -2.48. The SMILES string of the molecule is C=C(NC(C(=C)C)C(C)C(C)C)NC(C)(CCC)CCCC. The summed E-state index contributed by atoms with van der Waals surface area (Å²) in [5.41, 5.74) is 1.31. The van der Waals surface area contributed by atoms with Crippen molar-refractivity contribution in [2.45, 2.75) is 92.2 Å². The molecule has 2 nitrogen and oxygen atoms in total. The molecule has 0 rings (SSSR count). The van der Waals surface area contributed by atoms with Crippen LogP contribution in [0.15, 0.2) is 24.6 Å². The van der Waals surface area contributed by atoms with Gasteiger partial charge in [0.05, 0.1) is 11.9 Å². The van der Waals surface area contributed by atoms with Crippen LogP contribution in [0.2, 0.25) is 0 Å². The summed E-state index contributed by atoms with van der Waals surface area (Å²) in [6, 6.07) is 0.275. The molecule has 0 aliphatic heterocycles. The molecule has 0 saturated carbocycles. The van der Waals surface area contributed by atoms with Crippen molar-refractivity contribution in [2.75, 3.05) is 0 Å². The van der Waals surface area contributed by atoms with Crippen LogP contribution in [0.25, 0.3) is 0 Å². The fourth-order valence-electron chi connectivity index (χ4n) is 3.05. The van der Waals surface area contributed by atoms with Gasteiger partial charge in [-0.1, -0.05) is 72.6 Å². The highest BCUT2D eigenvalue weighted by molar-refractivity contribution is 5.10. The van der Waals surface area contributed by atoms with Crippen LogP contribution in [0.5, 0.6) is 0 Å². The maximum atomic E-state index is 4.23. The van der Waals surface area contributed by atoms with Crippen molar-refractivity contribution in [3.8, 4) is 0 Å². The van der Waals surface area contributed by atoms with Crippen LogP contribution >= 0.6 is 0 Å². The van der Waals surface area contributed by atoms with Gasteiger partial charge in [0.15, 0.2) is 0 Å². The molecule has 3 unspecified atom stereocenters. The van der Waals surface area contributed by atoms with E-state index >= 15 is 0 Å². The van der Waals surface area contributed by atoms with E-state index in [1.54, 1.807) is 0 Å². The Morgan fingerprint density at radius 2 is 1.64 bits per heavy atom. The van der Waals surface area contributed by atoms with Gasteiger partial charge < -0.3 is 10.6 Å². The van der Waals surface area contributed by atoms with Gasteiger partial charge in [0, 0.05) is 5.54 Å². The van der Waals surface area contributed by atoms with Gasteiger partial charge in [-0.25, -0.2) is 0 Å². The third kappa shape index (κ3) is 7.38. The molecule has 2 N–H and O–H groups in total. The highest BCUT2D eigenvalue weighted by Gasteiger charge is 2.25. The number of rotatable bonds is 12. The summed E-state index contributed by atoms with van der Waals surface area (Å²) in [6.07, 6.45) is 6.04. The second-order valence-electron chi connectivity index (χ2n) is 7.59. The number of nitrogens with one attached hydrogen (secondary N) is 2. The van der Waals surface area contributed by atoms with Crippen LogP contribution in [0.1, 0.15) is 80.6 Å². The summed E-state index contributed by atoms with van der Waals surface area (Å²) in [4.78, 5) is 0. The van der Waals surface area contributed by atoms with Crippen LogP contribution in [-0.2, 0) is 0 Å². The minimum atomic E-state index is 0.134. The Morgan fingerprint density at radius 3 is 2.05 bits per heavy atom. The second-order valence-corrected chi connectivity index (χ2v) is 7.59. The van der Waals surface area contributed by atoms with Gasteiger partial charge in [0.25, 0.3) is 0 Å². The van der Waals surface area contributed by atoms with E-state index in [1.807, 2.05) is 0 Å². The highest BCUT2D eigenvalue weighted by Crippen LogP contribution is 2.23. The molecule has 2 heteroatoms. The molecule has 0 aromatic carbocycles. The molecule has 0 fully saturated rings. The molecule has 3 atom stereocenters. The maximum Gasteiger partial charge on any atom is 0.0921 e. The molecule has 0 radical (unpaired) electrons. The zero-order valence-corrected chi connectivity index (χ0v) is 16.2. The molecule has 0 amide bonds. The Labute approximate surface area is 139 Å². The predicted octanol–water partition coefficient (Wildman–Crippen LogP) is 5.62. The lowest BCUT2D eigenvalue weighted by atomic mass is 9.86. The van der Waals surface area contributed by atoms with Gasteiger partial charge in [-0.05, 0) is 38.5 Å². The first kappa shape index (κ1) is 21.1. The molecule has 0 saturated heterocycles. The van der Waals surface area contributed by atoms with Crippen LogP contribution in [0, 0.1) is 11.8 Å². The van der Waals surface area contributed by atoms with Crippen molar-refractivity contribution in [3.05, 3.63) is 24.6 Å². The van der Waals surface area contributed by atoms with Crippen molar-refractivity contribution >= 4 is 0 Å². The van der Waals surface area contributed by atoms with E-state index in [9.17, 15) is 0 Å². The molecule has 0 bridgehead atoms. The standard InChI is InChI=1S/C20H40N2/c1-10-12-14-20(9,13-11-2)22-18(8)21-19(16(5)6)17(7)15(3)4/h15,17,19,21-22H,5,8,10-14H2,1-4,6-7,9H3. The molecular weight excluding hydrogens is 268 g/mol. The molecular formula is C20H40N2. The molecule has 0 aliphatic rings. The van der Waals surface area contributed by atoms with E-state index in [0.717, 1.165) is 5.82 Å². The summed E-state index contributed by atoms with van der Waals surface area (Å²) in [5, 5.41) is 7.24. The number of hydrogen-bond acceptors (Lipinski definition) is 2. The van der Waals surface area contributed by atoms with E-state index in [1.165, 1.54) is 37.7 Å². The zero-order valence-electron chi connectivity index (χ0n) is 16.2. The fraction of sp³-hybridized carbons (Fsp3) is 0.800. The van der Waals surface area contributed by atoms with Crippen LogP contribution in [0.4, 0.5) is 0 Å². The number of unbranched alkanes of at least 4 members (excludes halogenated alkanes) is 1. The summed E-state index contributed by atoms with van der Waals surface area (Å²) < 4.78 is 0. The van der Waals surface area contributed by atoms with E-state index in [-0.39, 0.29) is 11.6 Å². The third-order valence-corrected chi connectivity index (χ3v) is 4.77. The predicted molar refractivity (Wildman–Crippen MR) is 101 cm³/mol. The third-order valence-electron chi connectivity index (χ3n) is 4.77. The zero-order chi connectivity index (χ0) is 17.3. The minimum absolute atomic E-state index is 0.134. The summed E-state index contributed by atoms with van der Waals surface area (Å²) in [5.74, 6) is 2.08. The quantitative estimate of drug-likeness (QED) is 0.457. The topological polar surface area (TPSA) is 24.1 Å². The Morgan fingerprint density at radius 1 is 1.05 bits per heavy atom. The van der Waals surface area contributed by atoms with Crippen molar-refractivity contribution < 1.29 is 0 Å². The number of hydrogen-bond donors (Lipinski definition) is 2. The Kier molecular flexibility index (Phi) is 9.55. The van der Waals surface area contributed by atoms with Gasteiger partial charge in [0.1, 0.15) is 0 Å². The van der Waals surface area contributed by atoms with Gasteiger partial charge in [0.2, 0.25) is 0 Å². The first-order valence-electron chi connectivity index (χ1n) is 9.05. The second kappa shape index (κ2) is 9.97. The van der Waals surface area contributed by atoms with E-state index in [0.29, 0.717) is 11.8 Å². The Balaban J connectivity index is 4.81. The molecule has 0 aromatic heterocycles. The first-order chi connectivity index (χ1) is 10.2. The van der Waals surface area contributed by atoms with Crippen LogP contribution in [-0.4, -0.2) is 11.6 Å². The molecule has 0 aliphatic carbocycles. The van der Waals surface area contributed by atoms with E-state index in [2.05, 4.69) is 72.3 Å². The van der Waals surface area contributed by atoms with Gasteiger partial charge in [-0.15, -0.1) is 0 Å². The van der Waals surface area contributed by atoms with Crippen molar-refractivity contribution in [2.24, 2.45) is 11.8 Å². The smallest absolute Gasteiger partial charge is 0.0921 e. The van der Waals surface area contributed by atoms with E-state index in [4.69, 9.17) is 0 Å².